The van der Waals surface area contributed by atoms with Crippen LogP contribution in [0.1, 0.15) is 13.8 Å². The molecule has 0 fully saturated rings. The van der Waals surface area contributed by atoms with E-state index in [0.717, 1.165) is 0 Å². The lowest BCUT2D eigenvalue weighted by Gasteiger charge is -2.17. The van der Waals surface area contributed by atoms with E-state index < -0.39 is 5.97 Å². The summed E-state index contributed by atoms with van der Waals surface area (Å²) in [6, 6.07) is -0.203. The average Bonchev–Trinajstić information content (AvgIpc) is 1.87. The molecule has 0 aliphatic rings. The molecule has 0 aromatic heterocycles. The Balaban J connectivity index is 3.85. The highest BCUT2D eigenvalue weighted by Gasteiger charge is 2.13. The van der Waals surface area contributed by atoms with Crippen molar-refractivity contribution in [3.05, 3.63) is 12.3 Å². The van der Waals surface area contributed by atoms with Gasteiger partial charge >= 0.3 is 5.97 Å². The molecule has 0 aliphatic carbocycles. The molecule has 0 aliphatic heterocycles. The molecule has 2 atom stereocenters. The number of nitrogens with two attached hydrogens (primary N) is 1. The molecule has 0 amide bonds. The summed E-state index contributed by atoms with van der Waals surface area (Å²) >= 11 is 0. The van der Waals surface area contributed by atoms with Crippen LogP contribution in [0.3, 0.4) is 0 Å². The summed E-state index contributed by atoms with van der Waals surface area (Å²) in [5.41, 5.74) is 5.43. The lowest BCUT2D eigenvalue weighted by molar-refractivity contribution is -0.137. The minimum absolute atomic E-state index is 0.203. The van der Waals surface area contributed by atoms with Crippen molar-refractivity contribution in [3.8, 4) is 0 Å². The fourth-order valence-electron chi connectivity index (χ4n) is 0.382. The monoisotopic (exact) mass is 159 g/mol. The van der Waals surface area contributed by atoms with Crippen LogP contribution in [0.4, 0.5) is 0 Å². The number of rotatable bonds is 4. The number of carboxylic acids is 1. The molecule has 0 aromatic carbocycles. The van der Waals surface area contributed by atoms with Gasteiger partial charge in [-0.15, -0.1) is 0 Å². The number of hydrogen-bond donors (Lipinski definition) is 2. The highest BCUT2D eigenvalue weighted by Crippen LogP contribution is 2.02. The predicted molar refractivity (Wildman–Crippen MR) is 41.0 cm³/mol. The van der Waals surface area contributed by atoms with Crippen LogP contribution in [-0.4, -0.2) is 23.2 Å². The third-order valence-corrected chi connectivity index (χ3v) is 1.31. The summed E-state index contributed by atoms with van der Waals surface area (Å²) in [5.74, 6) is -1.42. The molecule has 0 radical (unpaired) electrons. The van der Waals surface area contributed by atoms with Crippen molar-refractivity contribution >= 4 is 5.97 Å². The van der Waals surface area contributed by atoms with Gasteiger partial charge in [0.05, 0.1) is 0 Å². The molecule has 0 saturated carbocycles. The zero-order chi connectivity index (χ0) is 9.02. The van der Waals surface area contributed by atoms with Crippen molar-refractivity contribution in [3.63, 3.8) is 0 Å². The molecule has 0 spiro atoms. The Bertz CT molecular complexity index is 165. The van der Waals surface area contributed by atoms with Crippen LogP contribution in [0.15, 0.2) is 12.3 Å². The Kier molecular flexibility index (Phi) is 3.60. The molecule has 0 heterocycles. The molecular weight excluding hydrogens is 146 g/mol. The summed E-state index contributed by atoms with van der Waals surface area (Å²) in [4.78, 5) is 10.2. The van der Waals surface area contributed by atoms with Crippen molar-refractivity contribution in [2.45, 2.75) is 26.0 Å². The van der Waals surface area contributed by atoms with E-state index in [1.54, 1.807) is 13.8 Å². The van der Waals surface area contributed by atoms with Crippen LogP contribution in [0.2, 0.25) is 0 Å². The van der Waals surface area contributed by atoms with E-state index in [9.17, 15) is 4.79 Å². The number of aliphatic carboxylic acids is 1. The van der Waals surface area contributed by atoms with E-state index in [2.05, 4.69) is 6.58 Å². The zero-order valence-corrected chi connectivity index (χ0v) is 6.70. The summed E-state index contributed by atoms with van der Waals surface area (Å²) in [6.45, 7) is 6.63. The standard InChI is InChI=1S/C7H13NO3/c1-4(8)5(2)11-6(3)7(9)10/h4-5H,3,8H2,1-2H3,(H,9,10). The van der Waals surface area contributed by atoms with E-state index in [-0.39, 0.29) is 17.9 Å². The maximum atomic E-state index is 10.2. The topological polar surface area (TPSA) is 72.5 Å². The van der Waals surface area contributed by atoms with Gasteiger partial charge in [0.2, 0.25) is 0 Å². The quantitative estimate of drug-likeness (QED) is 0.458. The number of hydrogen-bond acceptors (Lipinski definition) is 3. The molecule has 2 unspecified atom stereocenters. The third kappa shape index (κ3) is 3.62. The Hall–Kier alpha value is -1.03. The van der Waals surface area contributed by atoms with Crippen LogP contribution in [0.5, 0.6) is 0 Å². The van der Waals surface area contributed by atoms with Crippen molar-refractivity contribution in [2.75, 3.05) is 0 Å². The van der Waals surface area contributed by atoms with Crippen molar-refractivity contribution in [1.29, 1.82) is 0 Å². The molecule has 4 heteroatoms. The molecule has 64 valence electrons. The summed E-state index contributed by atoms with van der Waals surface area (Å²) in [5, 5.41) is 8.35. The average molecular weight is 159 g/mol. The van der Waals surface area contributed by atoms with Gasteiger partial charge in [-0.1, -0.05) is 0 Å². The second kappa shape index (κ2) is 3.98. The van der Waals surface area contributed by atoms with Crippen molar-refractivity contribution in [2.24, 2.45) is 5.73 Å². The number of ether oxygens (including phenoxy) is 1. The van der Waals surface area contributed by atoms with Crippen LogP contribution in [-0.2, 0) is 9.53 Å². The van der Waals surface area contributed by atoms with Gasteiger partial charge in [-0.3, -0.25) is 0 Å². The van der Waals surface area contributed by atoms with E-state index in [0.29, 0.717) is 0 Å². The molecule has 4 nitrogen and oxygen atoms in total. The van der Waals surface area contributed by atoms with E-state index >= 15 is 0 Å². The van der Waals surface area contributed by atoms with Gasteiger partial charge in [-0.25, -0.2) is 4.79 Å². The van der Waals surface area contributed by atoms with E-state index in [4.69, 9.17) is 15.6 Å². The Morgan fingerprint density at radius 1 is 1.64 bits per heavy atom. The minimum Gasteiger partial charge on any atom is -0.482 e. The van der Waals surface area contributed by atoms with Gasteiger partial charge in [-0.05, 0) is 20.4 Å². The van der Waals surface area contributed by atoms with Crippen LogP contribution in [0.25, 0.3) is 0 Å². The highest BCUT2D eigenvalue weighted by atomic mass is 16.5. The first-order valence-corrected chi connectivity index (χ1v) is 3.29. The normalized spacial score (nSPS) is 15.2. The van der Waals surface area contributed by atoms with Crippen molar-refractivity contribution in [1.82, 2.24) is 0 Å². The second-order valence-electron chi connectivity index (χ2n) is 2.41. The lowest BCUT2D eigenvalue weighted by Crippen LogP contribution is -2.31. The van der Waals surface area contributed by atoms with Crippen molar-refractivity contribution < 1.29 is 14.6 Å². The summed E-state index contributed by atoms with van der Waals surface area (Å²) < 4.78 is 4.85. The lowest BCUT2D eigenvalue weighted by atomic mass is 10.2. The predicted octanol–water partition coefficient (Wildman–Crippen LogP) is 0.337. The largest absolute Gasteiger partial charge is 0.482 e. The first kappa shape index (κ1) is 9.97. The Labute approximate surface area is 65.6 Å². The second-order valence-corrected chi connectivity index (χ2v) is 2.41. The zero-order valence-electron chi connectivity index (χ0n) is 6.70. The minimum atomic E-state index is -1.16. The van der Waals surface area contributed by atoms with Crippen LogP contribution < -0.4 is 5.73 Å². The SMILES string of the molecule is C=C(OC(C)C(C)N)C(=O)O. The molecule has 0 bridgehead atoms. The Morgan fingerprint density at radius 2 is 2.09 bits per heavy atom. The number of carboxylic acid groups (broad SMARTS) is 1. The number of carbonyl (C=O) groups is 1. The highest BCUT2D eigenvalue weighted by molar-refractivity contribution is 5.83. The van der Waals surface area contributed by atoms with Gasteiger partial charge in [0, 0.05) is 6.04 Å². The van der Waals surface area contributed by atoms with Crippen LogP contribution >= 0.6 is 0 Å². The maximum absolute atomic E-state index is 10.2. The fourth-order valence-corrected chi connectivity index (χ4v) is 0.382. The third-order valence-electron chi connectivity index (χ3n) is 1.31. The van der Waals surface area contributed by atoms with Gasteiger partial charge in [0.15, 0.2) is 5.76 Å². The fraction of sp³-hybridized carbons (Fsp3) is 0.571. The molecule has 3 N–H and O–H groups in total. The molecular formula is C7H13NO3. The van der Waals surface area contributed by atoms with Gasteiger partial charge < -0.3 is 15.6 Å². The molecule has 0 rings (SSSR count). The van der Waals surface area contributed by atoms with Gasteiger partial charge in [0.1, 0.15) is 6.10 Å². The van der Waals surface area contributed by atoms with Gasteiger partial charge in [0.25, 0.3) is 0 Å². The molecule has 0 saturated heterocycles. The van der Waals surface area contributed by atoms with Gasteiger partial charge in [-0.2, -0.15) is 0 Å². The Morgan fingerprint density at radius 3 is 2.36 bits per heavy atom. The van der Waals surface area contributed by atoms with E-state index in [1.165, 1.54) is 0 Å². The smallest absolute Gasteiger partial charge is 0.370 e. The maximum Gasteiger partial charge on any atom is 0.370 e. The summed E-state index contributed by atoms with van der Waals surface area (Å²) in [7, 11) is 0. The first-order valence-electron chi connectivity index (χ1n) is 3.29. The van der Waals surface area contributed by atoms with Crippen LogP contribution in [0, 0.1) is 0 Å². The van der Waals surface area contributed by atoms with E-state index in [1.807, 2.05) is 0 Å². The summed E-state index contributed by atoms with van der Waals surface area (Å²) in [6.07, 6.45) is -0.321. The molecule has 11 heavy (non-hydrogen) atoms. The molecule has 0 aromatic rings. The first-order chi connectivity index (χ1) is 4.95.